The third-order valence-corrected chi connectivity index (χ3v) is 2.76. The molecule has 7 nitrogen and oxygen atoms in total. The maximum absolute atomic E-state index is 12.0. The van der Waals surface area contributed by atoms with Crippen molar-refractivity contribution >= 4 is 17.3 Å². The van der Waals surface area contributed by atoms with Crippen molar-refractivity contribution in [2.24, 2.45) is 0 Å². The third kappa shape index (κ3) is 3.27. The number of methoxy groups -OCH3 is 1. The molecule has 0 aliphatic carbocycles. The van der Waals surface area contributed by atoms with Crippen LogP contribution in [0.1, 0.15) is 10.4 Å². The minimum atomic E-state index is -0.615. The van der Waals surface area contributed by atoms with Crippen LogP contribution in [0.25, 0.3) is 0 Å². The number of phenols is 1. The molecule has 0 aliphatic heterocycles. The molecule has 0 heterocycles. The Balaban J connectivity index is 2.25. The van der Waals surface area contributed by atoms with Gasteiger partial charge in [0, 0.05) is 17.3 Å². The van der Waals surface area contributed by atoms with Crippen LogP contribution in [-0.4, -0.2) is 23.0 Å². The Morgan fingerprint density at radius 2 is 1.90 bits per heavy atom. The number of aromatic hydroxyl groups is 1. The van der Waals surface area contributed by atoms with Crippen molar-refractivity contribution < 1.29 is 19.6 Å². The predicted molar refractivity (Wildman–Crippen MR) is 75.7 cm³/mol. The number of rotatable bonds is 4. The van der Waals surface area contributed by atoms with Crippen LogP contribution in [0.5, 0.6) is 11.5 Å². The van der Waals surface area contributed by atoms with Crippen LogP contribution in [0.2, 0.25) is 0 Å². The van der Waals surface area contributed by atoms with Crippen molar-refractivity contribution in [2.75, 3.05) is 12.4 Å². The number of nitrogens with zero attached hydrogens (tertiary/aromatic N) is 1. The lowest BCUT2D eigenvalue weighted by molar-refractivity contribution is -0.385. The number of carbonyl (C=O) groups is 1. The second kappa shape index (κ2) is 5.91. The Hall–Kier alpha value is -3.09. The summed E-state index contributed by atoms with van der Waals surface area (Å²) in [5.41, 5.74) is 0.322. The summed E-state index contributed by atoms with van der Waals surface area (Å²) >= 11 is 0. The first-order valence-corrected chi connectivity index (χ1v) is 5.94. The number of anilines is 1. The van der Waals surface area contributed by atoms with Crippen LogP contribution >= 0.6 is 0 Å². The minimum absolute atomic E-state index is 0.0769. The highest BCUT2D eigenvalue weighted by Crippen LogP contribution is 2.27. The zero-order chi connectivity index (χ0) is 15.4. The van der Waals surface area contributed by atoms with Gasteiger partial charge in [0.05, 0.1) is 12.0 Å². The molecule has 0 saturated carbocycles. The normalized spacial score (nSPS) is 9.95. The maximum atomic E-state index is 12.0. The van der Waals surface area contributed by atoms with Crippen LogP contribution in [0.15, 0.2) is 42.5 Å². The SMILES string of the molecule is COc1ccc(C(=O)Nc2ccc(O)cc2)cc1[N+](=O)[O-]. The van der Waals surface area contributed by atoms with Gasteiger partial charge < -0.3 is 15.2 Å². The number of hydrogen-bond donors (Lipinski definition) is 2. The second-order valence-electron chi connectivity index (χ2n) is 4.14. The number of ether oxygens (including phenoxy) is 1. The lowest BCUT2D eigenvalue weighted by Crippen LogP contribution is -2.12. The standard InChI is InChI=1S/C14H12N2O5/c1-21-13-7-2-9(8-12(13)16(19)20)14(18)15-10-3-5-11(17)6-4-10/h2-8,17H,1H3,(H,15,18). The molecule has 2 rings (SSSR count). The molecule has 2 aromatic carbocycles. The van der Waals surface area contributed by atoms with Crippen LogP contribution < -0.4 is 10.1 Å². The van der Waals surface area contributed by atoms with Gasteiger partial charge in [0.2, 0.25) is 0 Å². The summed E-state index contributed by atoms with van der Waals surface area (Å²) < 4.78 is 4.87. The molecule has 0 spiro atoms. The molecule has 0 aromatic heterocycles. The second-order valence-corrected chi connectivity index (χ2v) is 4.14. The van der Waals surface area contributed by atoms with Gasteiger partial charge in [-0.05, 0) is 36.4 Å². The average Bonchev–Trinajstić information content (AvgIpc) is 2.48. The first-order valence-electron chi connectivity index (χ1n) is 5.94. The molecule has 1 amide bonds. The van der Waals surface area contributed by atoms with E-state index in [2.05, 4.69) is 5.32 Å². The minimum Gasteiger partial charge on any atom is -0.508 e. The van der Waals surface area contributed by atoms with Crippen LogP contribution in [0.3, 0.4) is 0 Å². The molecule has 2 N–H and O–H groups in total. The van der Waals surface area contributed by atoms with Gasteiger partial charge in [-0.2, -0.15) is 0 Å². The third-order valence-electron chi connectivity index (χ3n) is 2.76. The van der Waals surface area contributed by atoms with Gasteiger partial charge in [0.15, 0.2) is 5.75 Å². The van der Waals surface area contributed by atoms with Gasteiger partial charge in [-0.3, -0.25) is 14.9 Å². The van der Waals surface area contributed by atoms with E-state index in [1.807, 2.05) is 0 Å². The van der Waals surface area contributed by atoms with Crippen LogP contribution in [0.4, 0.5) is 11.4 Å². The first kappa shape index (κ1) is 14.3. The van der Waals surface area contributed by atoms with E-state index < -0.39 is 10.8 Å². The Morgan fingerprint density at radius 3 is 2.48 bits per heavy atom. The van der Waals surface area contributed by atoms with E-state index in [1.165, 1.54) is 43.5 Å². The largest absolute Gasteiger partial charge is 0.508 e. The Morgan fingerprint density at radius 1 is 1.24 bits per heavy atom. The lowest BCUT2D eigenvalue weighted by Gasteiger charge is -2.07. The van der Waals surface area contributed by atoms with Crippen molar-refractivity contribution in [3.63, 3.8) is 0 Å². The highest BCUT2D eigenvalue weighted by Gasteiger charge is 2.18. The Bertz CT molecular complexity index is 682. The average molecular weight is 288 g/mol. The van der Waals surface area contributed by atoms with Crippen LogP contribution in [0, 0.1) is 10.1 Å². The zero-order valence-corrected chi connectivity index (χ0v) is 11.1. The van der Waals surface area contributed by atoms with Gasteiger partial charge >= 0.3 is 5.69 Å². The highest BCUT2D eigenvalue weighted by atomic mass is 16.6. The quantitative estimate of drug-likeness (QED) is 0.511. The summed E-state index contributed by atoms with van der Waals surface area (Å²) in [5.74, 6) is -0.333. The number of nitro benzene ring substituents is 1. The summed E-state index contributed by atoms with van der Waals surface area (Å²) in [6.45, 7) is 0. The van der Waals surface area contributed by atoms with Crippen molar-refractivity contribution in [3.05, 3.63) is 58.1 Å². The fourth-order valence-corrected chi connectivity index (χ4v) is 1.72. The molecule has 0 unspecified atom stereocenters. The van der Waals surface area contributed by atoms with Gasteiger partial charge in [-0.1, -0.05) is 0 Å². The smallest absolute Gasteiger partial charge is 0.311 e. The number of phenolic OH excluding ortho intramolecular Hbond substituents is 1. The number of nitro groups is 1. The number of carbonyl (C=O) groups excluding carboxylic acids is 1. The molecule has 108 valence electrons. The summed E-state index contributed by atoms with van der Waals surface area (Å²) in [5, 5.41) is 22.7. The molecule has 0 bridgehead atoms. The summed E-state index contributed by atoms with van der Waals surface area (Å²) in [4.78, 5) is 22.3. The van der Waals surface area contributed by atoms with E-state index in [4.69, 9.17) is 9.84 Å². The molecule has 2 aromatic rings. The molecular formula is C14H12N2O5. The van der Waals surface area contributed by atoms with E-state index in [1.54, 1.807) is 0 Å². The maximum Gasteiger partial charge on any atom is 0.311 e. The summed E-state index contributed by atoms with van der Waals surface area (Å²) in [6.07, 6.45) is 0. The summed E-state index contributed by atoms with van der Waals surface area (Å²) in [6, 6.07) is 9.83. The molecule has 0 atom stereocenters. The molecule has 7 heteroatoms. The van der Waals surface area contributed by atoms with E-state index >= 15 is 0 Å². The Labute approximate surface area is 119 Å². The lowest BCUT2D eigenvalue weighted by atomic mass is 10.1. The molecular weight excluding hydrogens is 276 g/mol. The monoisotopic (exact) mass is 288 g/mol. The van der Waals surface area contributed by atoms with Gasteiger partial charge in [-0.15, -0.1) is 0 Å². The van der Waals surface area contributed by atoms with E-state index in [0.717, 1.165) is 6.07 Å². The van der Waals surface area contributed by atoms with Crippen molar-refractivity contribution in [1.82, 2.24) is 0 Å². The summed E-state index contributed by atoms with van der Waals surface area (Å²) in [7, 11) is 1.32. The highest BCUT2D eigenvalue weighted by molar-refractivity contribution is 6.04. The van der Waals surface area contributed by atoms with E-state index in [0.29, 0.717) is 5.69 Å². The van der Waals surface area contributed by atoms with Gasteiger partial charge in [0.1, 0.15) is 5.75 Å². The zero-order valence-electron chi connectivity index (χ0n) is 11.1. The van der Waals surface area contributed by atoms with Gasteiger partial charge in [0.25, 0.3) is 5.91 Å². The first-order chi connectivity index (χ1) is 10.0. The fraction of sp³-hybridized carbons (Fsp3) is 0.0714. The number of nitrogens with one attached hydrogen (secondary N) is 1. The van der Waals surface area contributed by atoms with Crippen molar-refractivity contribution in [2.45, 2.75) is 0 Å². The predicted octanol–water partition coefficient (Wildman–Crippen LogP) is 2.56. The van der Waals surface area contributed by atoms with Crippen molar-refractivity contribution in [1.29, 1.82) is 0 Å². The molecule has 21 heavy (non-hydrogen) atoms. The fourth-order valence-electron chi connectivity index (χ4n) is 1.72. The van der Waals surface area contributed by atoms with E-state index in [9.17, 15) is 14.9 Å². The van der Waals surface area contributed by atoms with Gasteiger partial charge in [-0.25, -0.2) is 0 Å². The number of hydrogen-bond acceptors (Lipinski definition) is 5. The van der Waals surface area contributed by atoms with Crippen LogP contribution in [-0.2, 0) is 0 Å². The Kier molecular flexibility index (Phi) is 4.03. The van der Waals surface area contributed by atoms with E-state index in [-0.39, 0.29) is 22.7 Å². The number of amides is 1. The molecule has 0 aliphatic rings. The van der Waals surface area contributed by atoms with Crippen molar-refractivity contribution in [3.8, 4) is 11.5 Å². The molecule has 0 fully saturated rings. The molecule has 0 radical (unpaired) electrons. The number of benzene rings is 2. The molecule has 0 saturated heterocycles. The topological polar surface area (TPSA) is 102 Å².